The predicted octanol–water partition coefficient (Wildman–Crippen LogP) is 2.45. The number of halogens is 1. The summed E-state index contributed by atoms with van der Waals surface area (Å²) in [6.07, 6.45) is 3.30. The third kappa shape index (κ3) is 3.16. The predicted molar refractivity (Wildman–Crippen MR) is 88.6 cm³/mol. The van der Waals surface area contributed by atoms with Gasteiger partial charge in [-0.25, -0.2) is 4.98 Å². The SMILES string of the molecule is CN1CCNCC1c1noc(-c2csc(-c3ccoc3)n2)n1.Cl. The number of nitrogens with one attached hydrogen (secondary N) is 1. The van der Waals surface area contributed by atoms with Gasteiger partial charge in [0.25, 0.3) is 5.89 Å². The zero-order valence-corrected chi connectivity index (χ0v) is 14.1. The van der Waals surface area contributed by atoms with Gasteiger partial charge >= 0.3 is 0 Å². The summed E-state index contributed by atoms with van der Waals surface area (Å²) in [5, 5.41) is 10.3. The van der Waals surface area contributed by atoms with Gasteiger partial charge in [-0.15, -0.1) is 23.7 Å². The lowest BCUT2D eigenvalue weighted by atomic mass is 10.2. The molecule has 1 saturated heterocycles. The fourth-order valence-electron chi connectivity index (χ4n) is 2.46. The Kier molecular flexibility index (Phi) is 4.76. The van der Waals surface area contributed by atoms with Crippen molar-refractivity contribution in [1.82, 2.24) is 25.3 Å². The van der Waals surface area contributed by atoms with Crippen LogP contribution in [0.4, 0.5) is 0 Å². The third-order valence-electron chi connectivity index (χ3n) is 3.74. The molecule has 1 fully saturated rings. The van der Waals surface area contributed by atoms with Gasteiger partial charge in [0.15, 0.2) is 5.82 Å². The zero-order valence-electron chi connectivity index (χ0n) is 12.4. The smallest absolute Gasteiger partial charge is 0.277 e. The molecule has 3 aromatic rings. The zero-order chi connectivity index (χ0) is 14.9. The second-order valence-electron chi connectivity index (χ2n) is 5.21. The van der Waals surface area contributed by atoms with Crippen LogP contribution in [-0.4, -0.2) is 46.7 Å². The Morgan fingerprint density at radius 3 is 3.09 bits per heavy atom. The standard InChI is InChI=1S/C14H15N5O2S.ClH/c1-19-4-3-15-6-11(19)12-17-13(21-18-12)10-8-22-14(16-10)9-2-5-20-7-9;/h2,5,7-8,11,15H,3-4,6H2,1H3;1H. The molecule has 3 aromatic heterocycles. The van der Waals surface area contributed by atoms with Gasteiger partial charge in [0.1, 0.15) is 17.0 Å². The summed E-state index contributed by atoms with van der Waals surface area (Å²) in [6, 6.07) is 2.02. The molecule has 1 aliphatic heterocycles. The number of piperazine rings is 1. The molecule has 0 amide bonds. The molecule has 1 atom stereocenters. The maximum Gasteiger partial charge on any atom is 0.277 e. The van der Waals surface area contributed by atoms with E-state index in [0.717, 1.165) is 30.2 Å². The van der Waals surface area contributed by atoms with Gasteiger partial charge in [-0.3, -0.25) is 4.90 Å². The Balaban J connectivity index is 0.00000156. The van der Waals surface area contributed by atoms with Crippen molar-refractivity contribution in [2.75, 3.05) is 26.7 Å². The van der Waals surface area contributed by atoms with E-state index in [0.29, 0.717) is 17.4 Å². The van der Waals surface area contributed by atoms with Gasteiger partial charge in [-0.1, -0.05) is 5.16 Å². The fraction of sp³-hybridized carbons (Fsp3) is 0.357. The molecule has 1 N–H and O–H groups in total. The first-order chi connectivity index (χ1) is 10.8. The summed E-state index contributed by atoms with van der Waals surface area (Å²) < 4.78 is 10.5. The van der Waals surface area contributed by atoms with Crippen molar-refractivity contribution in [3.8, 4) is 22.2 Å². The van der Waals surface area contributed by atoms with Crippen molar-refractivity contribution in [1.29, 1.82) is 0 Å². The molecule has 4 heterocycles. The number of aromatic nitrogens is 3. The van der Waals surface area contributed by atoms with Gasteiger partial charge < -0.3 is 14.3 Å². The number of thiazole rings is 1. The largest absolute Gasteiger partial charge is 0.472 e. The van der Waals surface area contributed by atoms with Crippen LogP contribution >= 0.6 is 23.7 Å². The average Bonchev–Trinajstić information content (AvgIpc) is 3.27. The van der Waals surface area contributed by atoms with Crippen molar-refractivity contribution in [2.24, 2.45) is 0 Å². The minimum atomic E-state index is 0. The molecule has 1 aliphatic rings. The number of rotatable bonds is 3. The quantitative estimate of drug-likeness (QED) is 0.774. The van der Waals surface area contributed by atoms with Crippen molar-refractivity contribution in [2.45, 2.75) is 6.04 Å². The molecule has 7 nitrogen and oxygen atoms in total. The van der Waals surface area contributed by atoms with Crippen molar-refractivity contribution >= 4 is 23.7 Å². The van der Waals surface area contributed by atoms with Crippen LogP contribution in [0.1, 0.15) is 11.9 Å². The average molecular weight is 354 g/mol. The van der Waals surface area contributed by atoms with Crippen LogP contribution in [0.2, 0.25) is 0 Å². The molecule has 0 bridgehead atoms. The van der Waals surface area contributed by atoms with Crippen LogP contribution in [-0.2, 0) is 0 Å². The molecule has 0 spiro atoms. The maximum absolute atomic E-state index is 5.39. The van der Waals surface area contributed by atoms with Gasteiger partial charge in [-0.05, 0) is 13.1 Å². The van der Waals surface area contributed by atoms with E-state index < -0.39 is 0 Å². The van der Waals surface area contributed by atoms with E-state index in [4.69, 9.17) is 8.94 Å². The highest BCUT2D eigenvalue weighted by molar-refractivity contribution is 7.13. The lowest BCUT2D eigenvalue weighted by Crippen LogP contribution is -2.44. The number of nitrogens with zero attached hydrogens (tertiary/aromatic N) is 4. The number of hydrogen-bond acceptors (Lipinski definition) is 8. The molecule has 4 rings (SSSR count). The van der Waals surface area contributed by atoms with Gasteiger partial charge in [-0.2, -0.15) is 4.98 Å². The lowest BCUT2D eigenvalue weighted by Gasteiger charge is -2.30. The summed E-state index contributed by atoms with van der Waals surface area (Å²) in [7, 11) is 2.07. The Hall–Kier alpha value is -1.74. The Morgan fingerprint density at radius 1 is 1.39 bits per heavy atom. The van der Waals surface area contributed by atoms with E-state index in [9.17, 15) is 0 Å². The first-order valence-electron chi connectivity index (χ1n) is 7.04. The summed E-state index contributed by atoms with van der Waals surface area (Å²) >= 11 is 1.53. The van der Waals surface area contributed by atoms with E-state index in [1.807, 2.05) is 11.4 Å². The summed E-state index contributed by atoms with van der Waals surface area (Å²) in [4.78, 5) is 11.3. The fourth-order valence-corrected chi connectivity index (χ4v) is 3.24. The molecule has 23 heavy (non-hydrogen) atoms. The topological polar surface area (TPSA) is 80.2 Å². The number of hydrogen-bond donors (Lipinski definition) is 1. The molecule has 9 heteroatoms. The molecule has 0 saturated carbocycles. The van der Waals surface area contributed by atoms with E-state index in [-0.39, 0.29) is 18.4 Å². The van der Waals surface area contributed by atoms with Crippen LogP contribution in [0, 0.1) is 0 Å². The molecular formula is C14H16ClN5O2S. The summed E-state index contributed by atoms with van der Waals surface area (Å²) in [5.41, 5.74) is 1.65. The van der Waals surface area contributed by atoms with Crippen LogP contribution in [0.15, 0.2) is 32.9 Å². The molecule has 122 valence electrons. The molecule has 0 aromatic carbocycles. The monoisotopic (exact) mass is 353 g/mol. The molecular weight excluding hydrogens is 338 g/mol. The van der Waals surface area contributed by atoms with E-state index in [2.05, 4.69) is 32.4 Å². The minimum absolute atomic E-state index is 0. The highest BCUT2D eigenvalue weighted by Gasteiger charge is 2.26. The first-order valence-corrected chi connectivity index (χ1v) is 7.92. The van der Waals surface area contributed by atoms with E-state index >= 15 is 0 Å². The van der Waals surface area contributed by atoms with Gasteiger partial charge in [0.2, 0.25) is 0 Å². The van der Waals surface area contributed by atoms with Crippen LogP contribution in [0.3, 0.4) is 0 Å². The van der Waals surface area contributed by atoms with Crippen LogP contribution in [0.5, 0.6) is 0 Å². The number of likely N-dealkylation sites (N-methyl/N-ethyl adjacent to an activating group) is 1. The highest BCUT2D eigenvalue weighted by atomic mass is 35.5. The second-order valence-corrected chi connectivity index (χ2v) is 6.07. The maximum atomic E-state index is 5.39. The Morgan fingerprint density at radius 2 is 2.30 bits per heavy atom. The van der Waals surface area contributed by atoms with Gasteiger partial charge in [0, 0.05) is 30.6 Å². The lowest BCUT2D eigenvalue weighted by molar-refractivity contribution is 0.190. The van der Waals surface area contributed by atoms with Crippen molar-refractivity contribution in [3.63, 3.8) is 0 Å². The van der Waals surface area contributed by atoms with Crippen LogP contribution < -0.4 is 5.32 Å². The van der Waals surface area contributed by atoms with Gasteiger partial charge in [0.05, 0.1) is 12.3 Å². The Labute approximate surface area is 143 Å². The minimum Gasteiger partial charge on any atom is -0.472 e. The Bertz CT molecular complexity index is 757. The van der Waals surface area contributed by atoms with Crippen molar-refractivity contribution < 1.29 is 8.94 Å². The van der Waals surface area contributed by atoms with E-state index in [1.54, 1.807) is 12.5 Å². The first kappa shape index (κ1) is 16.1. The molecule has 1 unspecified atom stereocenters. The number of furan rings is 1. The van der Waals surface area contributed by atoms with E-state index in [1.165, 1.54) is 11.3 Å². The molecule has 0 radical (unpaired) electrons. The molecule has 0 aliphatic carbocycles. The third-order valence-corrected chi connectivity index (χ3v) is 4.63. The van der Waals surface area contributed by atoms with Crippen molar-refractivity contribution in [3.05, 3.63) is 29.8 Å². The second kappa shape index (κ2) is 6.79. The summed E-state index contributed by atoms with van der Waals surface area (Å²) in [6.45, 7) is 2.78. The highest BCUT2D eigenvalue weighted by Crippen LogP contribution is 2.29. The van der Waals surface area contributed by atoms with Crippen LogP contribution in [0.25, 0.3) is 22.2 Å². The summed E-state index contributed by atoms with van der Waals surface area (Å²) in [5.74, 6) is 1.16. The normalized spacial score (nSPS) is 18.7.